The van der Waals surface area contributed by atoms with Crippen LogP contribution in [-0.2, 0) is 21.0 Å². The van der Waals surface area contributed by atoms with Gasteiger partial charge >= 0.3 is 6.18 Å². The van der Waals surface area contributed by atoms with Crippen molar-refractivity contribution in [1.29, 1.82) is 0 Å². The fourth-order valence-electron chi connectivity index (χ4n) is 3.50. The smallest absolute Gasteiger partial charge is 0.308 e. The van der Waals surface area contributed by atoms with Crippen LogP contribution in [0.5, 0.6) is 0 Å². The number of piperidine rings is 1. The fraction of sp³-hybridized carbons (Fsp3) is 0.333. The van der Waals surface area contributed by atoms with Crippen LogP contribution in [0.25, 0.3) is 0 Å². The van der Waals surface area contributed by atoms with Crippen LogP contribution in [0.2, 0.25) is 4.34 Å². The van der Waals surface area contributed by atoms with E-state index < -0.39 is 33.2 Å². The van der Waals surface area contributed by atoms with Gasteiger partial charge in [-0.2, -0.15) is 17.5 Å². The van der Waals surface area contributed by atoms with Gasteiger partial charge < -0.3 is 5.32 Å². The number of nitrogens with zero attached hydrogens (tertiary/aromatic N) is 2. The molecule has 1 aromatic heterocycles. The molecule has 1 spiro atoms. The molecule has 12 heteroatoms. The van der Waals surface area contributed by atoms with E-state index in [1.54, 1.807) is 0 Å². The number of halogens is 4. The lowest BCUT2D eigenvalue weighted by Gasteiger charge is -2.34. The van der Waals surface area contributed by atoms with E-state index in [1.165, 1.54) is 28.6 Å². The molecule has 1 amide bonds. The molecule has 1 N–H and O–H groups in total. The molecule has 4 rings (SSSR count). The number of rotatable bonds is 3. The molecule has 0 bridgehead atoms. The Morgan fingerprint density at radius 3 is 2.47 bits per heavy atom. The standard InChI is InChI=1S/C18H15ClF3N3O3S2/c19-13-4-5-14(29-13)30(27,28)25-8-6-17(7-9-25)16(26)23-15(24-17)11-2-1-3-12(10-11)18(20,21)22/h1-5,10H,6-9H2,(H,23,24,26). The van der Waals surface area contributed by atoms with Crippen molar-refractivity contribution in [2.75, 3.05) is 13.1 Å². The number of nitrogens with one attached hydrogen (secondary N) is 1. The Bertz CT molecular complexity index is 1140. The average molecular weight is 478 g/mol. The summed E-state index contributed by atoms with van der Waals surface area (Å²) in [5, 5.41) is 2.56. The van der Waals surface area contributed by atoms with E-state index in [2.05, 4.69) is 10.3 Å². The molecule has 30 heavy (non-hydrogen) atoms. The van der Waals surface area contributed by atoms with Crippen molar-refractivity contribution in [3.05, 3.63) is 51.9 Å². The molecule has 2 aromatic rings. The maximum absolute atomic E-state index is 13.0. The van der Waals surface area contributed by atoms with Crippen LogP contribution in [0.3, 0.4) is 0 Å². The number of hydrogen-bond donors (Lipinski definition) is 1. The summed E-state index contributed by atoms with van der Waals surface area (Å²) in [6.45, 7) is 0.120. The third-order valence-electron chi connectivity index (χ3n) is 5.14. The van der Waals surface area contributed by atoms with Crippen molar-refractivity contribution in [3.63, 3.8) is 0 Å². The monoisotopic (exact) mass is 477 g/mol. The predicted molar refractivity (Wildman–Crippen MR) is 106 cm³/mol. The Morgan fingerprint density at radius 2 is 1.87 bits per heavy atom. The number of carbonyl (C=O) groups is 1. The molecule has 0 radical (unpaired) electrons. The van der Waals surface area contributed by atoms with Gasteiger partial charge in [0.15, 0.2) is 0 Å². The quantitative estimate of drug-likeness (QED) is 0.734. The van der Waals surface area contributed by atoms with E-state index in [-0.39, 0.29) is 41.5 Å². The van der Waals surface area contributed by atoms with E-state index in [1.807, 2.05) is 0 Å². The molecule has 3 heterocycles. The number of amidine groups is 1. The zero-order valence-corrected chi connectivity index (χ0v) is 17.6. The van der Waals surface area contributed by atoms with E-state index in [0.29, 0.717) is 4.34 Å². The summed E-state index contributed by atoms with van der Waals surface area (Å²) in [7, 11) is -3.73. The predicted octanol–water partition coefficient (Wildman–Crippen LogP) is 3.52. The molecule has 0 unspecified atom stereocenters. The van der Waals surface area contributed by atoms with Gasteiger partial charge in [0.2, 0.25) is 0 Å². The van der Waals surface area contributed by atoms with Crippen LogP contribution in [0.15, 0.2) is 45.6 Å². The Labute approximate surface area is 179 Å². The Morgan fingerprint density at radius 1 is 1.17 bits per heavy atom. The van der Waals surface area contributed by atoms with Gasteiger partial charge in [0.25, 0.3) is 15.9 Å². The minimum atomic E-state index is -4.51. The first-order valence-electron chi connectivity index (χ1n) is 8.86. The van der Waals surface area contributed by atoms with Gasteiger partial charge in [-0.15, -0.1) is 11.3 Å². The first-order chi connectivity index (χ1) is 14.0. The number of carbonyl (C=O) groups excluding carboxylic acids is 1. The Hall–Kier alpha value is -1.95. The molecule has 1 aromatic carbocycles. The van der Waals surface area contributed by atoms with Gasteiger partial charge in [0.05, 0.1) is 9.90 Å². The van der Waals surface area contributed by atoms with Gasteiger partial charge in [0.1, 0.15) is 15.6 Å². The number of hydrogen-bond acceptors (Lipinski definition) is 5. The summed E-state index contributed by atoms with van der Waals surface area (Å²) in [6, 6.07) is 7.49. The second kappa shape index (κ2) is 7.33. The summed E-state index contributed by atoms with van der Waals surface area (Å²) in [6.07, 6.45) is -4.26. The molecule has 160 valence electrons. The van der Waals surface area contributed by atoms with E-state index in [9.17, 15) is 26.4 Å². The van der Waals surface area contributed by atoms with Crippen LogP contribution >= 0.6 is 22.9 Å². The number of amides is 1. The lowest BCUT2D eigenvalue weighted by Crippen LogP contribution is -2.50. The fourth-order valence-corrected chi connectivity index (χ4v) is 6.57. The van der Waals surface area contributed by atoms with E-state index in [0.717, 1.165) is 23.5 Å². The van der Waals surface area contributed by atoms with Gasteiger partial charge in [-0.05, 0) is 37.1 Å². The zero-order valence-electron chi connectivity index (χ0n) is 15.2. The zero-order chi connectivity index (χ0) is 21.7. The van der Waals surface area contributed by atoms with Crippen molar-refractivity contribution in [3.8, 4) is 0 Å². The number of thiophene rings is 1. The first-order valence-corrected chi connectivity index (χ1v) is 11.5. The van der Waals surface area contributed by atoms with Crippen molar-refractivity contribution < 1.29 is 26.4 Å². The number of benzene rings is 1. The highest BCUT2D eigenvalue weighted by Gasteiger charge is 2.48. The van der Waals surface area contributed by atoms with Gasteiger partial charge in [-0.1, -0.05) is 23.7 Å². The second-order valence-corrected chi connectivity index (χ2v) is 10.9. The third-order valence-corrected chi connectivity index (χ3v) is 8.73. The molecule has 0 aliphatic carbocycles. The van der Waals surface area contributed by atoms with Crippen molar-refractivity contribution in [2.24, 2.45) is 4.99 Å². The van der Waals surface area contributed by atoms with Gasteiger partial charge in [-0.25, -0.2) is 8.42 Å². The van der Waals surface area contributed by atoms with Crippen LogP contribution in [0.4, 0.5) is 13.2 Å². The lowest BCUT2D eigenvalue weighted by atomic mass is 9.89. The summed E-state index contributed by atoms with van der Waals surface area (Å²) in [4.78, 5) is 17.0. The molecular weight excluding hydrogens is 463 g/mol. The molecular formula is C18H15ClF3N3O3S2. The topological polar surface area (TPSA) is 78.8 Å². The number of aliphatic imine (C=N–C) groups is 1. The maximum atomic E-state index is 13.0. The normalized spacial score (nSPS) is 19.7. The van der Waals surface area contributed by atoms with Crippen LogP contribution in [0.1, 0.15) is 24.0 Å². The van der Waals surface area contributed by atoms with Crippen LogP contribution < -0.4 is 5.32 Å². The highest BCUT2D eigenvalue weighted by atomic mass is 35.5. The van der Waals surface area contributed by atoms with E-state index >= 15 is 0 Å². The third kappa shape index (κ3) is 3.75. The van der Waals surface area contributed by atoms with Gasteiger partial charge in [0, 0.05) is 18.7 Å². The second-order valence-electron chi connectivity index (χ2n) is 6.99. The minimum Gasteiger partial charge on any atom is -0.308 e. The highest BCUT2D eigenvalue weighted by molar-refractivity contribution is 7.91. The Kier molecular flexibility index (Phi) is 5.20. The van der Waals surface area contributed by atoms with E-state index in [4.69, 9.17) is 11.6 Å². The highest BCUT2D eigenvalue weighted by Crippen LogP contribution is 2.36. The van der Waals surface area contributed by atoms with Crippen LogP contribution in [0, 0.1) is 0 Å². The maximum Gasteiger partial charge on any atom is 0.416 e. The summed E-state index contributed by atoms with van der Waals surface area (Å²) in [5.74, 6) is -0.376. The summed E-state index contributed by atoms with van der Waals surface area (Å²) < 4.78 is 66.2. The molecule has 0 atom stereocenters. The lowest BCUT2D eigenvalue weighted by molar-refractivity contribution is -0.137. The summed E-state index contributed by atoms with van der Waals surface area (Å²) >= 11 is 6.78. The average Bonchev–Trinajstić information content (AvgIpc) is 3.26. The number of alkyl halides is 3. The largest absolute Gasteiger partial charge is 0.416 e. The molecule has 2 aliphatic heterocycles. The van der Waals surface area contributed by atoms with Crippen molar-refractivity contribution in [1.82, 2.24) is 9.62 Å². The molecule has 6 nitrogen and oxygen atoms in total. The SMILES string of the molecule is O=C1NC(c2cccc(C(F)(F)F)c2)=NC12CCN(S(=O)(=O)c1ccc(Cl)s1)CC2. The molecule has 0 saturated carbocycles. The molecule has 1 fully saturated rings. The number of sulfonamides is 1. The van der Waals surface area contributed by atoms with Crippen molar-refractivity contribution in [2.45, 2.75) is 28.8 Å². The molecule has 1 saturated heterocycles. The van der Waals surface area contributed by atoms with Crippen molar-refractivity contribution >= 4 is 44.7 Å². The summed E-state index contributed by atoms with van der Waals surface area (Å²) in [5.41, 5.74) is -1.88. The molecule has 2 aliphatic rings. The van der Waals surface area contributed by atoms with Crippen LogP contribution in [-0.4, -0.2) is 43.1 Å². The first kappa shape index (κ1) is 21.3. The Balaban J connectivity index is 1.55. The minimum absolute atomic E-state index is 0.0602. The van der Waals surface area contributed by atoms with Gasteiger partial charge in [-0.3, -0.25) is 9.79 Å².